The largest absolute Gasteiger partial charge is 0.379 e. The van der Waals surface area contributed by atoms with Crippen LogP contribution < -0.4 is 10.6 Å². The molecule has 0 radical (unpaired) electrons. The second-order valence-corrected chi connectivity index (χ2v) is 7.22. The van der Waals surface area contributed by atoms with Gasteiger partial charge in [-0.2, -0.15) is 0 Å². The number of nitro benzene ring substituents is 1. The molecule has 0 aromatic heterocycles. The van der Waals surface area contributed by atoms with Crippen molar-refractivity contribution < 1.29 is 14.1 Å². The first kappa shape index (κ1) is 25.9. The van der Waals surface area contributed by atoms with Gasteiger partial charge >= 0.3 is 0 Å². The van der Waals surface area contributed by atoms with E-state index in [1.54, 1.807) is 12.1 Å². The van der Waals surface area contributed by atoms with Crippen LogP contribution in [0.15, 0.2) is 53.5 Å². The van der Waals surface area contributed by atoms with Gasteiger partial charge in [0.05, 0.1) is 30.7 Å². The van der Waals surface area contributed by atoms with Gasteiger partial charge in [-0.25, -0.2) is 9.38 Å². The average Bonchev–Trinajstić information content (AvgIpc) is 2.79. The molecule has 1 unspecified atom stereocenters. The van der Waals surface area contributed by atoms with Gasteiger partial charge in [0.1, 0.15) is 5.82 Å². The van der Waals surface area contributed by atoms with Crippen LogP contribution in [-0.2, 0) is 11.3 Å². The Kier molecular flexibility index (Phi) is 10.8. The SMILES string of the molecule is CCNC(=NCc1ccc([N+](=O)[O-])cc1)NCC(c1ccc(F)cc1)N1CCOCC1.I. The lowest BCUT2D eigenvalue weighted by atomic mass is 10.0. The van der Waals surface area contributed by atoms with Crippen LogP contribution in [0.4, 0.5) is 10.1 Å². The maximum Gasteiger partial charge on any atom is 0.269 e. The highest BCUT2D eigenvalue weighted by Gasteiger charge is 2.23. The summed E-state index contributed by atoms with van der Waals surface area (Å²) in [4.78, 5) is 17.3. The monoisotopic (exact) mass is 557 g/mol. The Morgan fingerprint density at radius 1 is 1.16 bits per heavy atom. The Balaban J connectivity index is 0.00000363. The highest BCUT2D eigenvalue weighted by atomic mass is 127. The Labute approximate surface area is 204 Å². The van der Waals surface area contributed by atoms with Gasteiger partial charge in [-0.05, 0) is 30.2 Å². The summed E-state index contributed by atoms with van der Waals surface area (Å²) in [5.74, 6) is 0.400. The lowest BCUT2D eigenvalue weighted by Gasteiger charge is -2.35. The first-order valence-corrected chi connectivity index (χ1v) is 10.4. The number of rotatable bonds is 8. The number of hydrogen-bond donors (Lipinski definition) is 2. The van der Waals surface area contributed by atoms with Crippen molar-refractivity contribution in [3.8, 4) is 0 Å². The molecule has 0 spiro atoms. The van der Waals surface area contributed by atoms with E-state index in [1.165, 1.54) is 24.3 Å². The topological polar surface area (TPSA) is 92.0 Å². The number of nitro groups is 1. The highest BCUT2D eigenvalue weighted by Crippen LogP contribution is 2.21. The van der Waals surface area contributed by atoms with Crippen molar-refractivity contribution in [2.45, 2.75) is 19.5 Å². The van der Waals surface area contributed by atoms with Crippen LogP contribution >= 0.6 is 24.0 Å². The second kappa shape index (κ2) is 13.3. The van der Waals surface area contributed by atoms with Crippen molar-refractivity contribution in [3.05, 3.63) is 75.6 Å². The van der Waals surface area contributed by atoms with E-state index in [0.717, 1.165) is 24.2 Å². The third-order valence-electron chi connectivity index (χ3n) is 5.12. The quantitative estimate of drug-likeness (QED) is 0.170. The zero-order valence-electron chi connectivity index (χ0n) is 18.0. The molecule has 2 aromatic rings. The molecule has 1 saturated heterocycles. The molecule has 1 aliphatic heterocycles. The number of nitrogens with one attached hydrogen (secondary N) is 2. The Morgan fingerprint density at radius 3 is 2.41 bits per heavy atom. The molecule has 32 heavy (non-hydrogen) atoms. The van der Waals surface area contributed by atoms with Crippen LogP contribution in [0.25, 0.3) is 0 Å². The van der Waals surface area contributed by atoms with Crippen LogP contribution in [-0.4, -0.2) is 55.2 Å². The van der Waals surface area contributed by atoms with Gasteiger partial charge < -0.3 is 15.4 Å². The van der Waals surface area contributed by atoms with Crippen molar-refractivity contribution in [2.75, 3.05) is 39.4 Å². The highest BCUT2D eigenvalue weighted by molar-refractivity contribution is 14.0. The van der Waals surface area contributed by atoms with Crippen LogP contribution in [0.3, 0.4) is 0 Å². The van der Waals surface area contributed by atoms with E-state index in [2.05, 4.69) is 20.5 Å². The number of nitrogens with zero attached hydrogens (tertiary/aromatic N) is 3. The summed E-state index contributed by atoms with van der Waals surface area (Å²) in [5, 5.41) is 17.4. The summed E-state index contributed by atoms with van der Waals surface area (Å²) < 4.78 is 18.9. The third kappa shape index (κ3) is 7.68. The molecular weight excluding hydrogens is 528 g/mol. The standard InChI is InChI=1S/C22H28FN5O3.HI/c1-2-24-22(25-15-17-3-9-20(10-4-17)28(29)30)26-16-21(27-11-13-31-14-12-27)18-5-7-19(23)8-6-18;/h3-10,21H,2,11-16H2,1H3,(H2,24,25,26);1H. The summed E-state index contributed by atoms with van der Waals surface area (Å²) in [6, 6.07) is 13.0. The van der Waals surface area contributed by atoms with E-state index in [9.17, 15) is 14.5 Å². The number of non-ortho nitro benzene ring substituents is 1. The van der Waals surface area contributed by atoms with E-state index < -0.39 is 4.92 Å². The maximum absolute atomic E-state index is 13.4. The summed E-state index contributed by atoms with van der Waals surface area (Å²) in [6.45, 7) is 6.63. The van der Waals surface area contributed by atoms with Crippen molar-refractivity contribution in [3.63, 3.8) is 0 Å². The molecule has 0 aliphatic carbocycles. The number of hydrogen-bond acceptors (Lipinski definition) is 5. The number of halogens is 2. The molecule has 8 nitrogen and oxygen atoms in total. The molecule has 0 saturated carbocycles. The molecule has 3 rings (SSSR count). The van der Waals surface area contributed by atoms with Crippen LogP contribution in [0.2, 0.25) is 0 Å². The summed E-state index contributed by atoms with van der Waals surface area (Å²) in [6.07, 6.45) is 0. The van der Waals surface area contributed by atoms with Crippen LogP contribution in [0, 0.1) is 15.9 Å². The van der Waals surface area contributed by atoms with Gasteiger partial charge in [0.2, 0.25) is 0 Å². The Morgan fingerprint density at radius 2 is 1.81 bits per heavy atom. The van der Waals surface area contributed by atoms with E-state index in [0.29, 0.717) is 38.8 Å². The minimum Gasteiger partial charge on any atom is -0.379 e. The molecular formula is C22H29FIN5O3. The number of ether oxygens (including phenoxy) is 1. The van der Waals surface area contributed by atoms with E-state index in [-0.39, 0.29) is 41.5 Å². The smallest absolute Gasteiger partial charge is 0.269 e. The van der Waals surface area contributed by atoms with Crippen molar-refractivity contribution in [1.82, 2.24) is 15.5 Å². The second-order valence-electron chi connectivity index (χ2n) is 7.22. The number of aliphatic imine (C=N–C) groups is 1. The molecule has 1 fully saturated rings. The fourth-order valence-corrected chi connectivity index (χ4v) is 3.46. The van der Waals surface area contributed by atoms with Crippen molar-refractivity contribution >= 4 is 35.6 Å². The molecule has 10 heteroatoms. The molecule has 1 atom stereocenters. The molecule has 174 valence electrons. The van der Waals surface area contributed by atoms with Gasteiger partial charge in [-0.1, -0.05) is 24.3 Å². The molecule has 1 heterocycles. The molecule has 0 amide bonds. The molecule has 2 aromatic carbocycles. The predicted molar refractivity (Wildman–Crippen MR) is 133 cm³/mol. The van der Waals surface area contributed by atoms with Gasteiger partial charge in [0.15, 0.2) is 5.96 Å². The summed E-state index contributed by atoms with van der Waals surface area (Å²) in [7, 11) is 0. The van der Waals surface area contributed by atoms with Crippen molar-refractivity contribution in [2.24, 2.45) is 4.99 Å². The van der Waals surface area contributed by atoms with Crippen LogP contribution in [0.1, 0.15) is 24.1 Å². The molecule has 2 N–H and O–H groups in total. The van der Waals surface area contributed by atoms with E-state index in [1.807, 2.05) is 19.1 Å². The first-order valence-electron chi connectivity index (χ1n) is 10.4. The number of benzene rings is 2. The van der Waals surface area contributed by atoms with Gasteiger partial charge in [0.25, 0.3) is 5.69 Å². The fourth-order valence-electron chi connectivity index (χ4n) is 3.46. The maximum atomic E-state index is 13.4. The van der Waals surface area contributed by atoms with Gasteiger partial charge in [-0.15, -0.1) is 24.0 Å². The Hall–Kier alpha value is -2.31. The van der Waals surface area contributed by atoms with Gasteiger partial charge in [0, 0.05) is 38.3 Å². The average molecular weight is 557 g/mol. The summed E-state index contributed by atoms with van der Waals surface area (Å²) >= 11 is 0. The normalized spacial score (nSPS) is 15.5. The molecule has 0 bridgehead atoms. The van der Waals surface area contributed by atoms with E-state index in [4.69, 9.17) is 4.74 Å². The molecule has 1 aliphatic rings. The zero-order valence-corrected chi connectivity index (χ0v) is 20.3. The zero-order chi connectivity index (χ0) is 22.1. The lowest BCUT2D eigenvalue weighted by Crippen LogP contribution is -2.46. The van der Waals surface area contributed by atoms with Crippen LogP contribution in [0.5, 0.6) is 0 Å². The predicted octanol–water partition coefficient (Wildman–Crippen LogP) is 3.48. The summed E-state index contributed by atoms with van der Waals surface area (Å²) in [5.41, 5.74) is 1.97. The number of guanidine groups is 1. The third-order valence-corrected chi connectivity index (χ3v) is 5.12. The minimum atomic E-state index is -0.417. The van der Waals surface area contributed by atoms with Crippen molar-refractivity contribution in [1.29, 1.82) is 0 Å². The minimum absolute atomic E-state index is 0. The number of morpholine rings is 1. The lowest BCUT2D eigenvalue weighted by molar-refractivity contribution is -0.384. The van der Waals surface area contributed by atoms with E-state index >= 15 is 0 Å². The van der Waals surface area contributed by atoms with Gasteiger partial charge in [-0.3, -0.25) is 15.0 Å². The Bertz CT molecular complexity index is 874. The fraction of sp³-hybridized carbons (Fsp3) is 0.409. The first-order chi connectivity index (χ1) is 15.1.